The largest absolute Gasteiger partial charge is 0.362 e. The second kappa shape index (κ2) is 6.58. The van der Waals surface area contributed by atoms with E-state index in [1.165, 1.54) is 5.56 Å². The molecule has 0 atom stereocenters. The van der Waals surface area contributed by atoms with Gasteiger partial charge in [0.25, 0.3) is 0 Å². The fourth-order valence-electron chi connectivity index (χ4n) is 3.20. The van der Waals surface area contributed by atoms with Crippen molar-refractivity contribution >= 4 is 5.82 Å². The first-order valence-electron chi connectivity index (χ1n) is 8.65. The van der Waals surface area contributed by atoms with Gasteiger partial charge >= 0.3 is 0 Å². The Morgan fingerprint density at radius 2 is 2.00 bits per heavy atom. The molecule has 1 aliphatic rings. The predicted octanol–water partition coefficient (Wildman–Crippen LogP) is 2.81. The van der Waals surface area contributed by atoms with E-state index in [1.807, 2.05) is 12.1 Å². The Balaban J connectivity index is 1.65. The Bertz CT molecular complexity index is 870. The van der Waals surface area contributed by atoms with E-state index in [0.29, 0.717) is 12.6 Å². The van der Waals surface area contributed by atoms with Crippen LogP contribution in [0.1, 0.15) is 43.4 Å². The number of pyridine rings is 1. The number of nitrogens with zero attached hydrogens (tertiary/aromatic N) is 6. The molecule has 0 bridgehead atoms. The van der Waals surface area contributed by atoms with Crippen molar-refractivity contribution in [3.63, 3.8) is 0 Å². The van der Waals surface area contributed by atoms with E-state index in [2.05, 4.69) is 38.9 Å². The van der Waals surface area contributed by atoms with E-state index >= 15 is 0 Å². The highest BCUT2D eigenvalue weighted by atomic mass is 15.3. The van der Waals surface area contributed by atoms with Gasteiger partial charge in [0.2, 0.25) is 0 Å². The van der Waals surface area contributed by atoms with Crippen LogP contribution in [0.5, 0.6) is 0 Å². The van der Waals surface area contributed by atoms with Gasteiger partial charge in [-0.2, -0.15) is 0 Å². The Labute approximate surface area is 146 Å². The molecular weight excluding hydrogens is 314 g/mol. The average molecular weight is 335 g/mol. The smallest absolute Gasteiger partial charge is 0.161 e. The molecule has 0 saturated carbocycles. The van der Waals surface area contributed by atoms with Crippen molar-refractivity contribution in [3.8, 4) is 11.4 Å². The number of hydrogen-bond acceptors (Lipinski definition) is 6. The van der Waals surface area contributed by atoms with Crippen LogP contribution in [0.2, 0.25) is 0 Å². The molecule has 7 heteroatoms. The zero-order valence-electron chi connectivity index (χ0n) is 14.5. The van der Waals surface area contributed by atoms with Crippen LogP contribution in [0, 0.1) is 0 Å². The Morgan fingerprint density at radius 3 is 2.80 bits per heavy atom. The highest BCUT2D eigenvalue weighted by Gasteiger charge is 2.20. The normalized spacial score (nSPS) is 13.2. The molecule has 3 heterocycles. The molecule has 0 saturated heterocycles. The summed E-state index contributed by atoms with van der Waals surface area (Å²) < 4.78 is 2.07. The quantitative estimate of drug-likeness (QED) is 0.772. The van der Waals surface area contributed by atoms with Crippen LogP contribution in [0.4, 0.5) is 5.82 Å². The van der Waals surface area contributed by atoms with E-state index in [-0.39, 0.29) is 0 Å². The van der Waals surface area contributed by atoms with Gasteiger partial charge in [0, 0.05) is 35.3 Å². The standard InChI is InChI=1S/C18H21N7/c1-12(2)25-11-21-24-16(25)10-20-18-14-4-3-5-15(14)22-17(23-18)13-6-8-19-9-7-13/h6-9,11-12H,3-5,10H2,1-2H3,(H,20,22,23). The highest BCUT2D eigenvalue weighted by Crippen LogP contribution is 2.29. The van der Waals surface area contributed by atoms with Gasteiger partial charge in [-0.25, -0.2) is 9.97 Å². The van der Waals surface area contributed by atoms with Gasteiger partial charge in [0.05, 0.1) is 6.54 Å². The number of anilines is 1. The summed E-state index contributed by atoms with van der Waals surface area (Å²) in [6, 6.07) is 4.21. The minimum absolute atomic E-state index is 0.329. The number of fused-ring (bicyclic) bond motifs is 1. The monoisotopic (exact) mass is 335 g/mol. The lowest BCUT2D eigenvalue weighted by molar-refractivity contribution is 0.572. The Morgan fingerprint density at radius 1 is 1.16 bits per heavy atom. The summed E-state index contributed by atoms with van der Waals surface area (Å²) in [4.78, 5) is 13.6. The lowest BCUT2D eigenvalue weighted by atomic mass is 10.2. The maximum absolute atomic E-state index is 4.78. The van der Waals surface area contributed by atoms with Crippen LogP contribution in [0.15, 0.2) is 30.9 Å². The van der Waals surface area contributed by atoms with Crippen molar-refractivity contribution in [1.29, 1.82) is 0 Å². The molecule has 0 unspecified atom stereocenters. The highest BCUT2D eigenvalue weighted by molar-refractivity contribution is 5.60. The molecule has 1 aliphatic carbocycles. The summed E-state index contributed by atoms with van der Waals surface area (Å²) in [7, 11) is 0. The third kappa shape index (κ3) is 3.09. The third-order valence-electron chi connectivity index (χ3n) is 4.49. The minimum Gasteiger partial charge on any atom is -0.362 e. The first-order valence-corrected chi connectivity index (χ1v) is 8.65. The zero-order valence-corrected chi connectivity index (χ0v) is 14.5. The maximum Gasteiger partial charge on any atom is 0.161 e. The van der Waals surface area contributed by atoms with Gasteiger partial charge in [-0.05, 0) is 45.2 Å². The van der Waals surface area contributed by atoms with Gasteiger partial charge in [-0.3, -0.25) is 4.98 Å². The molecule has 1 N–H and O–H groups in total. The van der Waals surface area contributed by atoms with Crippen molar-refractivity contribution in [2.24, 2.45) is 0 Å². The summed E-state index contributed by atoms with van der Waals surface area (Å²) in [5.41, 5.74) is 3.36. The average Bonchev–Trinajstić information content (AvgIpc) is 3.29. The maximum atomic E-state index is 4.78. The zero-order chi connectivity index (χ0) is 17.2. The fourth-order valence-corrected chi connectivity index (χ4v) is 3.20. The van der Waals surface area contributed by atoms with E-state index in [1.54, 1.807) is 18.7 Å². The van der Waals surface area contributed by atoms with Crippen molar-refractivity contribution in [2.45, 2.75) is 45.7 Å². The molecule has 3 aromatic heterocycles. The van der Waals surface area contributed by atoms with E-state index in [4.69, 9.17) is 9.97 Å². The molecule has 0 radical (unpaired) electrons. The van der Waals surface area contributed by atoms with E-state index in [0.717, 1.165) is 48.0 Å². The third-order valence-corrected chi connectivity index (χ3v) is 4.49. The van der Waals surface area contributed by atoms with Crippen LogP contribution < -0.4 is 5.32 Å². The Kier molecular flexibility index (Phi) is 4.13. The second-order valence-corrected chi connectivity index (χ2v) is 6.51. The summed E-state index contributed by atoms with van der Waals surface area (Å²) >= 11 is 0. The van der Waals surface area contributed by atoms with Gasteiger partial charge in [-0.15, -0.1) is 10.2 Å². The lowest BCUT2D eigenvalue weighted by Crippen LogP contribution is -2.12. The molecule has 4 rings (SSSR count). The number of aromatic nitrogens is 6. The van der Waals surface area contributed by atoms with Gasteiger partial charge < -0.3 is 9.88 Å². The number of nitrogens with one attached hydrogen (secondary N) is 1. The van der Waals surface area contributed by atoms with Crippen molar-refractivity contribution in [3.05, 3.63) is 47.9 Å². The minimum atomic E-state index is 0.329. The number of hydrogen-bond donors (Lipinski definition) is 1. The number of rotatable bonds is 5. The molecule has 0 fully saturated rings. The molecule has 128 valence electrons. The lowest BCUT2D eigenvalue weighted by Gasteiger charge is -2.14. The molecule has 0 amide bonds. The van der Waals surface area contributed by atoms with Crippen LogP contribution in [-0.4, -0.2) is 29.7 Å². The van der Waals surface area contributed by atoms with E-state index in [9.17, 15) is 0 Å². The second-order valence-electron chi connectivity index (χ2n) is 6.51. The van der Waals surface area contributed by atoms with E-state index < -0.39 is 0 Å². The van der Waals surface area contributed by atoms with Crippen LogP contribution in [0.25, 0.3) is 11.4 Å². The first kappa shape index (κ1) is 15.7. The van der Waals surface area contributed by atoms with Crippen molar-refractivity contribution in [1.82, 2.24) is 29.7 Å². The molecule has 3 aromatic rings. The van der Waals surface area contributed by atoms with Crippen molar-refractivity contribution in [2.75, 3.05) is 5.32 Å². The van der Waals surface area contributed by atoms with Gasteiger partial charge in [0.15, 0.2) is 11.6 Å². The molecule has 25 heavy (non-hydrogen) atoms. The Hall–Kier alpha value is -2.83. The van der Waals surface area contributed by atoms with Crippen LogP contribution in [0.3, 0.4) is 0 Å². The SMILES string of the molecule is CC(C)n1cnnc1CNc1nc(-c2ccncc2)nc2c1CCC2. The predicted molar refractivity (Wildman–Crippen MR) is 95.0 cm³/mol. The summed E-state index contributed by atoms with van der Waals surface area (Å²) in [6.45, 7) is 4.84. The summed E-state index contributed by atoms with van der Waals surface area (Å²) in [6.07, 6.45) is 8.46. The van der Waals surface area contributed by atoms with Gasteiger partial charge in [-0.1, -0.05) is 0 Å². The first-order chi connectivity index (χ1) is 12.2. The number of aryl methyl sites for hydroxylation is 1. The molecule has 0 aliphatic heterocycles. The fraction of sp³-hybridized carbons (Fsp3) is 0.389. The summed E-state index contributed by atoms with van der Waals surface area (Å²) in [5.74, 6) is 2.56. The molecule has 0 spiro atoms. The summed E-state index contributed by atoms with van der Waals surface area (Å²) in [5, 5.41) is 11.7. The molecular formula is C18H21N7. The van der Waals surface area contributed by atoms with Crippen LogP contribution in [-0.2, 0) is 19.4 Å². The molecule has 7 nitrogen and oxygen atoms in total. The topological polar surface area (TPSA) is 81.4 Å². The molecule has 0 aromatic carbocycles. The van der Waals surface area contributed by atoms with Gasteiger partial charge in [0.1, 0.15) is 12.1 Å². The van der Waals surface area contributed by atoms with Crippen LogP contribution >= 0.6 is 0 Å². The van der Waals surface area contributed by atoms with Crippen molar-refractivity contribution < 1.29 is 0 Å².